The molecule has 1 aromatic rings. The first-order chi connectivity index (χ1) is 15.1. The molecule has 0 aromatic heterocycles. The molecule has 4 bridgehead atoms. The summed E-state index contributed by atoms with van der Waals surface area (Å²) in [5, 5.41) is 3.92. The molecule has 1 aromatic carbocycles. The fourth-order valence-corrected chi connectivity index (χ4v) is 8.87. The van der Waals surface area contributed by atoms with E-state index in [1.165, 1.54) is 69.2 Å². The minimum absolute atomic E-state index is 0.208. The van der Waals surface area contributed by atoms with E-state index in [4.69, 9.17) is 29.6 Å². The molecule has 0 saturated heterocycles. The number of halogens is 1. The van der Waals surface area contributed by atoms with E-state index >= 15 is 0 Å². The molecule has 5 saturated carbocycles. The highest BCUT2D eigenvalue weighted by atomic mass is 35.5. The predicted molar refractivity (Wildman–Crippen MR) is 135 cm³/mol. The van der Waals surface area contributed by atoms with Crippen molar-refractivity contribution in [2.75, 3.05) is 12.4 Å². The van der Waals surface area contributed by atoms with Crippen molar-refractivity contribution in [2.24, 2.45) is 34.8 Å². The summed E-state index contributed by atoms with van der Waals surface area (Å²) in [4.78, 5) is 1.20. The Bertz CT molecular complexity index is 757. The molecule has 5 fully saturated rings. The van der Waals surface area contributed by atoms with Crippen molar-refractivity contribution < 1.29 is 0 Å². The standard InChI is InChI=1S/C27H39ClN2S/c28-12-4-7-24-20-13-26(22-5-2-1-3-6-22)14-21(24)16-27(15-20,18-26)25(31)30-23-10-8-19(17-29)9-11-23/h1-3,5-6,19-21,23-24H,4,7-18,29H2,(H,30,31). The van der Waals surface area contributed by atoms with Crippen LogP contribution < -0.4 is 11.1 Å². The Kier molecular flexibility index (Phi) is 6.40. The fourth-order valence-electron chi connectivity index (χ4n) is 8.31. The molecule has 4 heteroatoms. The Balaban J connectivity index is 1.38. The average molecular weight is 459 g/mol. The monoisotopic (exact) mass is 458 g/mol. The molecule has 0 aliphatic heterocycles. The number of hydrogen-bond acceptors (Lipinski definition) is 2. The summed E-state index contributed by atoms with van der Waals surface area (Å²) in [7, 11) is 0. The van der Waals surface area contributed by atoms with Crippen LogP contribution in [0.5, 0.6) is 0 Å². The lowest BCUT2D eigenvalue weighted by atomic mass is 9.40. The van der Waals surface area contributed by atoms with Gasteiger partial charge in [-0.25, -0.2) is 0 Å². The SMILES string of the molecule is NCC1CCC(NC(=S)C23CC4CC(c5ccccc5)(CC(C2)C4CCCCl)C3)CC1. The molecule has 6 rings (SSSR count). The molecule has 2 nitrogen and oxygen atoms in total. The van der Waals surface area contributed by atoms with Crippen molar-refractivity contribution in [1.82, 2.24) is 5.32 Å². The van der Waals surface area contributed by atoms with E-state index in [9.17, 15) is 0 Å². The number of nitrogens with two attached hydrogens (primary N) is 1. The Hall–Kier alpha value is -0.640. The van der Waals surface area contributed by atoms with Gasteiger partial charge >= 0.3 is 0 Å². The van der Waals surface area contributed by atoms with Gasteiger partial charge in [0.2, 0.25) is 0 Å². The first-order valence-electron chi connectivity index (χ1n) is 12.7. The highest BCUT2D eigenvalue weighted by molar-refractivity contribution is 7.80. The second kappa shape index (κ2) is 8.95. The number of nitrogens with one attached hydrogen (secondary N) is 1. The van der Waals surface area contributed by atoms with Gasteiger partial charge < -0.3 is 11.1 Å². The van der Waals surface area contributed by atoms with Gasteiger partial charge in [0.15, 0.2) is 0 Å². The maximum atomic E-state index is 6.25. The molecule has 0 amide bonds. The summed E-state index contributed by atoms with van der Waals surface area (Å²) in [6.07, 6.45) is 14.0. The predicted octanol–water partition coefficient (Wildman–Crippen LogP) is 6.20. The maximum absolute atomic E-state index is 6.25. The van der Waals surface area contributed by atoms with Crippen molar-refractivity contribution >= 4 is 28.8 Å². The minimum atomic E-state index is 0.208. The maximum Gasteiger partial charge on any atom is 0.0818 e. The Morgan fingerprint density at radius 2 is 1.71 bits per heavy atom. The third-order valence-electron chi connectivity index (χ3n) is 9.55. The Morgan fingerprint density at radius 3 is 2.32 bits per heavy atom. The van der Waals surface area contributed by atoms with Crippen LogP contribution in [0.3, 0.4) is 0 Å². The van der Waals surface area contributed by atoms with E-state index in [0.717, 1.165) is 42.5 Å². The minimum Gasteiger partial charge on any atom is -0.376 e. The zero-order valence-electron chi connectivity index (χ0n) is 18.8. The molecule has 170 valence electrons. The smallest absolute Gasteiger partial charge is 0.0818 e. The van der Waals surface area contributed by atoms with Gasteiger partial charge in [-0.3, -0.25) is 0 Å². The van der Waals surface area contributed by atoms with Gasteiger partial charge in [0.1, 0.15) is 0 Å². The van der Waals surface area contributed by atoms with Crippen LogP contribution in [0, 0.1) is 29.1 Å². The van der Waals surface area contributed by atoms with Crippen molar-refractivity contribution in [3.63, 3.8) is 0 Å². The van der Waals surface area contributed by atoms with Gasteiger partial charge in [0.05, 0.1) is 4.99 Å². The zero-order valence-corrected chi connectivity index (χ0v) is 20.4. The van der Waals surface area contributed by atoms with Gasteiger partial charge in [-0.05, 0) is 112 Å². The largest absolute Gasteiger partial charge is 0.376 e. The van der Waals surface area contributed by atoms with Gasteiger partial charge in [0, 0.05) is 17.3 Å². The topological polar surface area (TPSA) is 38.0 Å². The lowest BCUT2D eigenvalue weighted by Gasteiger charge is -2.65. The number of alkyl halides is 1. The molecular weight excluding hydrogens is 420 g/mol. The highest BCUT2D eigenvalue weighted by Crippen LogP contribution is 2.68. The molecule has 0 radical (unpaired) electrons. The van der Waals surface area contributed by atoms with Crippen LogP contribution in [0.15, 0.2) is 30.3 Å². The summed E-state index contributed by atoms with van der Waals surface area (Å²) in [6, 6.07) is 12.0. The third kappa shape index (κ3) is 4.08. The van der Waals surface area contributed by atoms with Crippen LogP contribution in [-0.2, 0) is 5.41 Å². The number of hydrogen-bond donors (Lipinski definition) is 2. The molecule has 5 aliphatic rings. The quantitative estimate of drug-likeness (QED) is 0.377. The van der Waals surface area contributed by atoms with E-state index < -0.39 is 0 Å². The molecule has 3 N–H and O–H groups in total. The summed E-state index contributed by atoms with van der Waals surface area (Å²) in [5.41, 5.74) is 8.02. The van der Waals surface area contributed by atoms with Crippen LogP contribution in [0.1, 0.15) is 76.2 Å². The molecular formula is C27H39ClN2S. The van der Waals surface area contributed by atoms with Crippen LogP contribution in [0.2, 0.25) is 0 Å². The van der Waals surface area contributed by atoms with Crippen molar-refractivity contribution in [3.8, 4) is 0 Å². The fraction of sp³-hybridized carbons (Fsp3) is 0.741. The second-order valence-corrected chi connectivity index (χ2v) is 12.1. The molecule has 5 aliphatic carbocycles. The molecule has 0 heterocycles. The normalized spacial score (nSPS) is 41.3. The number of rotatable bonds is 7. The van der Waals surface area contributed by atoms with Crippen LogP contribution in [-0.4, -0.2) is 23.5 Å². The molecule has 31 heavy (non-hydrogen) atoms. The number of thiocarbonyl (C=S) groups is 1. The van der Waals surface area contributed by atoms with Gasteiger partial charge in [0.25, 0.3) is 0 Å². The zero-order chi connectivity index (χ0) is 21.5. The van der Waals surface area contributed by atoms with E-state index in [1.54, 1.807) is 5.56 Å². The lowest BCUT2D eigenvalue weighted by Crippen LogP contribution is -2.62. The molecule has 0 spiro atoms. The van der Waals surface area contributed by atoms with Crippen LogP contribution in [0.4, 0.5) is 0 Å². The Morgan fingerprint density at radius 1 is 1.03 bits per heavy atom. The van der Waals surface area contributed by atoms with E-state index in [-0.39, 0.29) is 5.41 Å². The second-order valence-electron chi connectivity index (χ2n) is 11.4. The van der Waals surface area contributed by atoms with Gasteiger partial charge in [-0.15, -0.1) is 11.6 Å². The first-order valence-corrected chi connectivity index (χ1v) is 13.6. The summed E-state index contributed by atoms with van der Waals surface area (Å²) in [6.45, 7) is 0.841. The van der Waals surface area contributed by atoms with E-state index in [2.05, 4.69) is 35.6 Å². The summed E-state index contributed by atoms with van der Waals surface area (Å²) in [5.74, 6) is 3.98. The first kappa shape index (κ1) is 22.2. The highest BCUT2D eigenvalue weighted by Gasteiger charge is 2.62. The van der Waals surface area contributed by atoms with Crippen molar-refractivity contribution in [1.29, 1.82) is 0 Å². The molecule has 2 unspecified atom stereocenters. The molecule has 2 atom stereocenters. The summed E-state index contributed by atoms with van der Waals surface area (Å²) >= 11 is 12.4. The Labute approximate surface area is 199 Å². The van der Waals surface area contributed by atoms with E-state index in [0.29, 0.717) is 11.5 Å². The average Bonchev–Trinajstić information content (AvgIpc) is 2.79. The lowest BCUT2D eigenvalue weighted by molar-refractivity contribution is -0.0839. The van der Waals surface area contributed by atoms with Gasteiger partial charge in [-0.2, -0.15) is 0 Å². The third-order valence-corrected chi connectivity index (χ3v) is 10.4. The summed E-state index contributed by atoms with van der Waals surface area (Å²) < 4.78 is 0. The van der Waals surface area contributed by atoms with Gasteiger partial charge in [-0.1, -0.05) is 42.5 Å². The van der Waals surface area contributed by atoms with E-state index in [1.807, 2.05) is 0 Å². The number of benzene rings is 1. The van der Waals surface area contributed by atoms with Crippen LogP contribution >= 0.6 is 23.8 Å². The van der Waals surface area contributed by atoms with Crippen molar-refractivity contribution in [2.45, 2.75) is 82.1 Å². The van der Waals surface area contributed by atoms with Crippen LogP contribution in [0.25, 0.3) is 0 Å². The van der Waals surface area contributed by atoms with Crippen molar-refractivity contribution in [3.05, 3.63) is 35.9 Å².